The lowest BCUT2D eigenvalue weighted by Gasteiger charge is -2.11. The van der Waals surface area contributed by atoms with E-state index in [9.17, 15) is 5.26 Å². The number of nitrogens with zero attached hydrogens (tertiary/aromatic N) is 2. The molecule has 4 heteroatoms. The maximum atomic E-state index is 9.18. The summed E-state index contributed by atoms with van der Waals surface area (Å²) in [6, 6.07) is 9.64. The number of halogens is 1. The minimum Gasteiger partial charge on any atom is -0.496 e. The Morgan fingerprint density at radius 2 is 2.06 bits per heavy atom. The second kappa shape index (κ2) is 5.07. The van der Waals surface area contributed by atoms with E-state index in [1.165, 1.54) is 0 Å². The first-order valence-electron chi connectivity index (χ1n) is 5.37. The van der Waals surface area contributed by atoms with Gasteiger partial charge in [-0.25, -0.2) is 4.98 Å². The molecule has 1 heterocycles. The van der Waals surface area contributed by atoms with E-state index < -0.39 is 0 Å². The summed E-state index contributed by atoms with van der Waals surface area (Å²) < 4.78 is 5.32. The molecule has 1 aromatic heterocycles. The molecule has 0 spiro atoms. The van der Waals surface area contributed by atoms with Crippen LogP contribution in [0.2, 0.25) is 5.15 Å². The largest absolute Gasteiger partial charge is 0.496 e. The second-order valence-electron chi connectivity index (χ2n) is 3.84. The molecular weight excluding hydrogens is 248 g/mol. The summed E-state index contributed by atoms with van der Waals surface area (Å²) in [6.45, 7) is 1.98. The number of nitriles is 1. The Hall–Kier alpha value is -2.05. The van der Waals surface area contributed by atoms with E-state index in [0.717, 1.165) is 16.7 Å². The summed E-state index contributed by atoms with van der Waals surface area (Å²) in [5.74, 6) is 0.708. The van der Waals surface area contributed by atoms with Crippen LogP contribution in [0, 0.1) is 18.3 Å². The fourth-order valence-electron chi connectivity index (χ4n) is 1.80. The Labute approximate surface area is 111 Å². The van der Waals surface area contributed by atoms with Gasteiger partial charge in [0.15, 0.2) is 0 Å². The molecule has 0 fully saturated rings. The number of benzene rings is 1. The van der Waals surface area contributed by atoms with Crippen molar-refractivity contribution in [1.82, 2.24) is 4.98 Å². The first kappa shape index (κ1) is 12.4. The van der Waals surface area contributed by atoms with E-state index >= 15 is 0 Å². The third-order valence-electron chi connectivity index (χ3n) is 2.66. The zero-order valence-electron chi connectivity index (χ0n) is 10.1. The van der Waals surface area contributed by atoms with Gasteiger partial charge in [0.05, 0.1) is 12.7 Å². The van der Waals surface area contributed by atoms with E-state index in [1.807, 2.05) is 25.1 Å². The van der Waals surface area contributed by atoms with E-state index in [0.29, 0.717) is 11.3 Å². The number of pyridine rings is 1. The monoisotopic (exact) mass is 258 g/mol. The molecule has 0 saturated heterocycles. The predicted octanol–water partition coefficient (Wildman–Crippen LogP) is 3.59. The van der Waals surface area contributed by atoms with Crippen molar-refractivity contribution in [3.63, 3.8) is 0 Å². The molecule has 0 radical (unpaired) electrons. The number of rotatable bonds is 2. The van der Waals surface area contributed by atoms with Crippen LogP contribution in [0.25, 0.3) is 11.1 Å². The maximum absolute atomic E-state index is 9.18. The van der Waals surface area contributed by atoms with Crippen LogP contribution in [-0.2, 0) is 0 Å². The molecule has 2 rings (SSSR count). The Morgan fingerprint density at radius 1 is 1.28 bits per heavy atom. The second-order valence-corrected chi connectivity index (χ2v) is 4.20. The molecule has 2 aromatic rings. The van der Waals surface area contributed by atoms with Gasteiger partial charge in [0.2, 0.25) is 0 Å². The number of hydrogen-bond acceptors (Lipinski definition) is 3. The Kier molecular flexibility index (Phi) is 3.50. The standard InChI is InChI=1S/C14H11ClN2O/c1-9-3-4-13(18-2)11(7-9)10-5-6-17-14(15)12(10)8-16/h3-7H,1-2H3. The zero-order chi connectivity index (χ0) is 13.1. The van der Waals surface area contributed by atoms with Crippen molar-refractivity contribution in [2.45, 2.75) is 6.92 Å². The van der Waals surface area contributed by atoms with Crippen LogP contribution in [0.1, 0.15) is 11.1 Å². The van der Waals surface area contributed by atoms with Crippen molar-refractivity contribution in [2.75, 3.05) is 7.11 Å². The van der Waals surface area contributed by atoms with Gasteiger partial charge in [0, 0.05) is 17.3 Å². The average Bonchev–Trinajstić information content (AvgIpc) is 2.38. The molecule has 0 atom stereocenters. The fraction of sp³-hybridized carbons (Fsp3) is 0.143. The van der Waals surface area contributed by atoms with Crippen molar-refractivity contribution in [3.8, 4) is 22.9 Å². The summed E-state index contributed by atoms with van der Waals surface area (Å²) in [5.41, 5.74) is 3.03. The number of hydrogen-bond donors (Lipinski definition) is 0. The van der Waals surface area contributed by atoms with Gasteiger partial charge in [-0.15, -0.1) is 0 Å². The van der Waals surface area contributed by atoms with Gasteiger partial charge in [-0.3, -0.25) is 0 Å². The van der Waals surface area contributed by atoms with Crippen LogP contribution in [0.4, 0.5) is 0 Å². The smallest absolute Gasteiger partial charge is 0.147 e. The van der Waals surface area contributed by atoms with Crippen molar-refractivity contribution < 1.29 is 4.74 Å². The first-order chi connectivity index (χ1) is 8.67. The number of aromatic nitrogens is 1. The molecule has 0 unspecified atom stereocenters. The molecule has 0 aliphatic carbocycles. The highest BCUT2D eigenvalue weighted by molar-refractivity contribution is 6.31. The van der Waals surface area contributed by atoms with Gasteiger partial charge < -0.3 is 4.74 Å². The van der Waals surface area contributed by atoms with Gasteiger partial charge in [-0.05, 0) is 25.1 Å². The first-order valence-corrected chi connectivity index (χ1v) is 5.74. The molecule has 18 heavy (non-hydrogen) atoms. The van der Waals surface area contributed by atoms with Crippen LogP contribution in [0.15, 0.2) is 30.5 Å². The summed E-state index contributed by atoms with van der Waals surface area (Å²) in [6.07, 6.45) is 1.58. The molecule has 90 valence electrons. The fourth-order valence-corrected chi connectivity index (χ4v) is 2.00. The lowest BCUT2D eigenvalue weighted by atomic mass is 9.99. The predicted molar refractivity (Wildman–Crippen MR) is 70.7 cm³/mol. The van der Waals surface area contributed by atoms with Gasteiger partial charge in [0.25, 0.3) is 0 Å². The van der Waals surface area contributed by atoms with Crippen molar-refractivity contribution in [3.05, 3.63) is 46.7 Å². The van der Waals surface area contributed by atoms with Gasteiger partial charge in [-0.1, -0.05) is 23.2 Å². The Balaban J connectivity index is 2.73. The van der Waals surface area contributed by atoms with Gasteiger partial charge >= 0.3 is 0 Å². The highest BCUT2D eigenvalue weighted by Gasteiger charge is 2.13. The summed E-state index contributed by atoms with van der Waals surface area (Å²) in [7, 11) is 1.60. The topological polar surface area (TPSA) is 45.9 Å². The highest BCUT2D eigenvalue weighted by atomic mass is 35.5. The van der Waals surface area contributed by atoms with Crippen LogP contribution in [-0.4, -0.2) is 12.1 Å². The maximum Gasteiger partial charge on any atom is 0.147 e. The van der Waals surface area contributed by atoms with Crippen molar-refractivity contribution in [2.24, 2.45) is 0 Å². The SMILES string of the molecule is COc1ccc(C)cc1-c1ccnc(Cl)c1C#N. The third kappa shape index (κ3) is 2.15. The minimum absolute atomic E-state index is 0.207. The molecule has 0 bridgehead atoms. The number of methoxy groups -OCH3 is 1. The quantitative estimate of drug-likeness (QED) is 0.774. The number of aryl methyl sites for hydroxylation is 1. The lowest BCUT2D eigenvalue weighted by Crippen LogP contribution is -1.93. The van der Waals surface area contributed by atoms with Gasteiger partial charge in [0.1, 0.15) is 17.0 Å². The van der Waals surface area contributed by atoms with E-state index in [2.05, 4.69) is 11.1 Å². The lowest BCUT2D eigenvalue weighted by molar-refractivity contribution is 0.416. The normalized spacial score (nSPS) is 9.89. The molecule has 0 aliphatic rings. The van der Waals surface area contributed by atoms with Crippen LogP contribution >= 0.6 is 11.6 Å². The molecule has 0 aliphatic heterocycles. The Morgan fingerprint density at radius 3 is 2.72 bits per heavy atom. The highest BCUT2D eigenvalue weighted by Crippen LogP contribution is 2.34. The zero-order valence-corrected chi connectivity index (χ0v) is 10.8. The molecule has 0 amide bonds. The van der Waals surface area contributed by atoms with Crippen LogP contribution < -0.4 is 4.74 Å². The third-order valence-corrected chi connectivity index (χ3v) is 2.95. The molecule has 1 aromatic carbocycles. The average molecular weight is 259 g/mol. The summed E-state index contributed by atoms with van der Waals surface area (Å²) in [5, 5.41) is 9.39. The van der Waals surface area contributed by atoms with Crippen LogP contribution in [0.5, 0.6) is 5.75 Å². The van der Waals surface area contributed by atoms with Crippen molar-refractivity contribution >= 4 is 11.6 Å². The molecular formula is C14H11ClN2O. The van der Waals surface area contributed by atoms with E-state index in [1.54, 1.807) is 19.4 Å². The summed E-state index contributed by atoms with van der Waals surface area (Å²) >= 11 is 5.94. The molecule has 3 nitrogen and oxygen atoms in total. The van der Waals surface area contributed by atoms with Crippen LogP contribution in [0.3, 0.4) is 0 Å². The van der Waals surface area contributed by atoms with E-state index in [-0.39, 0.29) is 5.15 Å². The Bertz CT molecular complexity index is 632. The van der Waals surface area contributed by atoms with Crippen molar-refractivity contribution in [1.29, 1.82) is 5.26 Å². The molecule has 0 N–H and O–H groups in total. The summed E-state index contributed by atoms with van der Waals surface area (Å²) in [4.78, 5) is 3.92. The van der Waals surface area contributed by atoms with E-state index in [4.69, 9.17) is 16.3 Å². The van der Waals surface area contributed by atoms with Gasteiger partial charge in [-0.2, -0.15) is 5.26 Å². The molecule has 0 saturated carbocycles. The minimum atomic E-state index is 0.207. The number of ether oxygens (including phenoxy) is 1.